The van der Waals surface area contributed by atoms with Crippen molar-refractivity contribution in [2.24, 2.45) is 5.92 Å². The summed E-state index contributed by atoms with van der Waals surface area (Å²) in [6.45, 7) is 3.93. The van der Waals surface area contributed by atoms with E-state index in [-0.39, 0.29) is 11.9 Å². The minimum absolute atomic E-state index is 0.267. The molecule has 1 atom stereocenters. The summed E-state index contributed by atoms with van der Waals surface area (Å²) in [4.78, 5) is 25.9. The van der Waals surface area contributed by atoms with Crippen LogP contribution < -0.4 is 5.32 Å². The van der Waals surface area contributed by atoms with Gasteiger partial charge in [-0.1, -0.05) is 13.3 Å². The van der Waals surface area contributed by atoms with Crippen LogP contribution >= 0.6 is 11.3 Å². The molecule has 2 aromatic rings. The molecule has 0 radical (unpaired) electrons. The maximum absolute atomic E-state index is 12.5. The van der Waals surface area contributed by atoms with Crippen LogP contribution in [-0.4, -0.2) is 19.0 Å². The van der Waals surface area contributed by atoms with Crippen molar-refractivity contribution in [3.8, 4) is 0 Å². The zero-order valence-corrected chi connectivity index (χ0v) is 14.9. The predicted octanol–water partition coefficient (Wildman–Crippen LogP) is 4.20. The van der Waals surface area contributed by atoms with Gasteiger partial charge in [0.25, 0.3) is 5.91 Å². The van der Waals surface area contributed by atoms with Crippen molar-refractivity contribution in [3.63, 3.8) is 0 Å². The van der Waals surface area contributed by atoms with Gasteiger partial charge in [-0.2, -0.15) is 0 Å². The van der Waals surface area contributed by atoms with Crippen LogP contribution in [0.1, 0.15) is 56.7 Å². The highest BCUT2D eigenvalue weighted by molar-refractivity contribution is 7.17. The Labute approximate surface area is 145 Å². The average molecular weight is 347 g/mol. The SMILES string of the molecule is CCC1CCc2c(sc(NC(=O)c3ccoc3C)c2C(=O)OC)C1. The van der Waals surface area contributed by atoms with Crippen LogP contribution in [0.4, 0.5) is 5.00 Å². The molecule has 5 nitrogen and oxygen atoms in total. The second-order valence-corrected chi connectivity index (χ2v) is 7.17. The lowest BCUT2D eigenvalue weighted by atomic mass is 9.85. The Bertz CT molecular complexity index is 774. The van der Waals surface area contributed by atoms with E-state index in [1.165, 1.54) is 29.6 Å². The first-order valence-corrected chi connectivity index (χ1v) is 8.95. The van der Waals surface area contributed by atoms with Gasteiger partial charge < -0.3 is 14.5 Å². The topological polar surface area (TPSA) is 68.5 Å². The third-order valence-corrected chi connectivity index (χ3v) is 5.83. The highest BCUT2D eigenvalue weighted by Gasteiger charge is 2.30. The molecule has 2 aromatic heterocycles. The van der Waals surface area contributed by atoms with E-state index in [1.807, 2.05) is 0 Å². The molecule has 128 valence electrons. The fourth-order valence-corrected chi connectivity index (χ4v) is 4.54. The van der Waals surface area contributed by atoms with E-state index in [1.54, 1.807) is 13.0 Å². The summed E-state index contributed by atoms with van der Waals surface area (Å²) in [6.07, 6.45) is 5.49. The minimum atomic E-state index is -0.387. The monoisotopic (exact) mass is 347 g/mol. The van der Waals surface area contributed by atoms with E-state index in [9.17, 15) is 9.59 Å². The molecule has 0 aromatic carbocycles. The van der Waals surface area contributed by atoms with Gasteiger partial charge in [-0.3, -0.25) is 4.79 Å². The zero-order valence-electron chi connectivity index (χ0n) is 14.1. The quantitative estimate of drug-likeness (QED) is 0.842. The van der Waals surface area contributed by atoms with Crippen LogP contribution in [0, 0.1) is 12.8 Å². The van der Waals surface area contributed by atoms with Crippen molar-refractivity contribution in [2.75, 3.05) is 12.4 Å². The van der Waals surface area contributed by atoms with Crippen LogP contribution in [-0.2, 0) is 17.6 Å². The third-order valence-electron chi connectivity index (χ3n) is 4.66. The van der Waals surface area contributed by atoms with Crippen molar-refractivity contribution < 1.29 is 18.7 Å². The number of fused-ring (bicyclic) bond motifs is 1. The van der Waals surface area contributed by atoms with Gasteiger partial charge in [0.05, 0.1) is 24.5 Å². The molecule has 6 heteroatoms. The lowest BCUT2D eigenvalue weighted by Gasteiger charge is -2.20. The maximum atomic E-state index is 12.5. The molecular formula is C18H21NO4S. The van der Waals surface area contributed by atoms with Crippen molar-refractivity contribution in [3.05, 3.63) is 39.7 Å². The Kier molecular flexibility index (Phi) is 4.76. The number of amides is 1. The number of thiophene rings is 1. The standard InChI is InChI=1S/C18H21NO4S/c1-4-11-5-6-13-14(9-11)24-17(15(13)18(21)22-3)19-16(20)12-7-8-23-10(12)2/h7-8,11H,4-6,9H2,1-3H3,(H,19,20). The maximum Gasteiger partial charge on any atom is 0.341 e. The molecule has 0 saturated heterocycles. The van der Waals surface area contributed by atoms with Crippen LogP contribution in [0.15, 0.2) is 16.7 Å². The van der Waals surface area contributed by atoms with E-state index < -0.39 is 0 Å². The fourth-order valence-electron chi connectivity index (χ4n) is 3.20. The van der Waals surface area contributed by atoms with Gasteiger partial charge in [0, 0.05) is 4.88 Å². The first kappa shape index (κ1) is 16.8. The van der Waals surface area contributed by atoms with Gasteiger partial charge in [-0.15, -0.1) is 11.3 Å². The molecule has 1 unspecified atom stereocenters. The molecule has 1 aliphatic rings. The van der Waals surface area contributed by atoms with Gasteiger partial charge in [0.15, 0.2) is 0 Å². The Hall–Kier alpha value is -2.08. The smallest absolute Gasteiger partial charge is 0.341 e. The molecule has 24 heavy (non-hydrogen) atoms. The van der Waals surface area contributed by atoms with Gasteiger partial charge >= 0.3 is 5.97 Å². The zero-order chi connectivity index (χ0) is 17.3. The Morgan fingerprint density at radius 1 is 1.46 bits per heavy atom. The number of ether oxygens (including phenoxy) is 1. The molecule has 1 amide bonds. The second-order valence-electron chi connectivity index (χ2n) is 6.06. The van der Waals surface area contributed by atoms with Crippen molar-refractivity contribution in [1.82, 2.24) is 0 Å². The summed E-state index contributed by atoms with van der Waals surface area (Å²) in [5, 5.41) is 3.46. The summed E-state index contributed by atoms with van der Waals surface area (Å²) in [7, 11) is 1.37. The number of anilines is 1. The summed E-state index contributed by atoms with van der Waals surface area (Å²) in [5.74, 6) is 0.541. The van der Waals surface area contributed by atoms with Gasteiger partial charge in [-0.05, 0) is 43.7 Å². The molecule has 2 heterocycles. The van der Waals surface area contributed by atoms with Crippen molar-refractivity contribution >= 4 is 28.2 Å². The average Bonchev–Trinajstić information content (AvgIpc) is 3.16. The molecule has 0 aliphatic heterocycles. The molecule has 3 rings (SSSR count). The highest BCUT2D eigenvalue weighted by atomic mass is 32.1. The summed E-state index contributed by atoms with van der Waals surface area (Å²) in [6, 6.07) is 1.63. The molecule has 0 fully saturated rings. The van der Waals surface area contributed by atoms with E-state index in [4.69, 9.17) is 9.15 Å². The number of hydrogen-bond acceptors (Lipinski definition) is 5. The number of nitrogens with one attached hydrogen (secondary N) is 1. The largest absolute Gasteiger partial charge is 0.469 e. The highest BCUT2D eigenvalue weighted by Crippen LogP contribution is 2.41. The van der Waals surface area contributed by atoms with E-state index in [2.05, 4.69) is 12.2 Å². The van der Waals surface area contributed by atoms with Crippen LogP contribution in [0.3, 0.4) is 0 Å². The number of methoxy groups -OCH3 is 1. The molecule has 1 N–H and O–H groups in total. The molecule has 0 bridgehead atoms. The van der Waals surface area contributed by atoms with Gasteiger partial charge in [0.1, 0.15) is 10.8 Å². The van der Waals surface area contributed by atoms with Crippen LogP contribution in [0.2, 0.25) is 0 Å². The number of esters is 1. The summed E-state index contributed by atoms with van der Waals surface area (Å²) < 4.78 is 10.1. The van der Waals surface area contributed by atoms with Crippen LogP contribution in [0.25, 0.3) is 0 Å². The lowest BCUT2D eigenvalue weighted by Crippen LogP contribution is -2.16. The normalized spacial score (nSPS) is 16.5. The molecule has 0 spiro atoms. The fraction of sp³-hybridized carbons (Fsp3) is 0.444. The molecule has 1 aliphatic carbocycles. The number of aryl methyl sites for hydroxylation is 1. The first-order valence-electron chi connectivity index (χ1n) is 8.13. The molecule has 0 saturated carbocycles. The number of furan rings is 1. The summed E-state index contributed by atoms with van der Waals surface area (Å²) in [5.41, 5.74) is 2.03. The van der Waals surface area contributed by atoms with E-state index in [0.717, 1.165) is 31.2 Å². The number of carbonyl (C=O) groups is 2. The number of carbonyl (C=O) groups excluding carboxylic acids is 2. The predicted molar refractivity (Wildman–Crippen MR) is 92.9 cm³/mol. The van der Waals surface area contributed by atoms with Gasteiger partial charge in [-0.25, -0.2) is 4.79 Å². The summed E-state index contributed by atoms with van der Waals surface area (Å²) >= 11 is 1.49. The molecular weight excluding hydrogens is 326 g/mol. The lowest BCUT2D eigenvalue weighted by molar-refractivity contribution is 0.0601. The minimum Gasteiger partial charge on any atom is -0.469 e. The van der Waals surface area contributed by atoms with E-state index in [0.29, 0.717) is 27.8 Å². The Balaban J connectivity index is 1.95. The third kappa shape index (κ3) is 2.98. The Morgan fingerprint density at radius 3 is 2.88 bits per heavy atom. The van der Waals surface area contributed by atoms with E-state index >= 15 is 0 Å². The second kappa shape index (κ2) is 6.81. The number of hydrogen-bond donors (Lipinski definition) is 1. The van der Waals surface area contributed by atoms with Gasteiger partial charge in [0.2, 0.25) is 0 Å². The van der Waals surface area contributed by atoms with Crippen molar-refractivity contribution in [1.29, 1.82) is 0 Å². The van der Waals surface area contributed by atoms with Crippen LogP contribution in [0.5, 0.6) is 0 Å². The first-order chi connectivity index (χ1) is 11.5. The van der Waals surface area contributed by atoms with Crippen molar-refractivity contribution in [2.45, 2.75) is 39.5 Å². The Morgan fingerprint density at radius 2 is 2.25 bits per heavy atom. The number of rotatable bonds is 4.